The highest BCUT2D eigenvalue weighted by atomic mass is 14.9. The summed E-state index contributed by atoms with van der Waals surface area (Å²) in [7, 11) is 0. The summed E-state index contributed by atoms with van der Waals surface area (Å²) in [6.07, 6.45) is 0. The molecule has 0 atom stereocenters. The van der Waals surface area contributed by atoms with Gasteiger partial charge in [0.25, 0.3) is 0 Å². The predicted molar refractivity (Wildman–Crippen MR) is 92.9 cm³/mol. The topological polar surface area (TPSA) is 28.7 Å². The first-order valence-corrected chi connectivity index (χ1v) is 7.68. The zero-order valence-electron chi connectivity index (χ0n) is 13.6. The molecule has 0 unspecified atom stereocenters. The van der Waals surface area contributed by atoms with E-state index in [4.69, 9.17) is 4.98 Å². The van der Waals surface area contributed by atoms with Gasteiger partial charge in [-0.25, -0.2) is 4.98 Å². The van der Waals surface area contributed by atoms with Crippen molar-refractivity contribution in [2.45, 2.75) is 33.1 Å². The molecule has 0 saturated heterocycles. The molecule has 22 heavy (non-hydrogen) atoms. The zero-order valence-corrected chi connectivity index (χ0v) is 13.6. The zero-order chi connectivity index (χ0) is 15.7. The molecule has 1 N–H and O–H groups in total. The predicted octanol–water partition coefficient (Wildman–Crippen LogP) is 5.35. The maximum absolute atomic E-state index is 4.82. The highest BCUT2D eigenvalue weighted by Gasteiger charge is 2.16. The summed E-state index contributed by atoms with van der Waals surface area (Å²) >= 11 is 0. The van der Waals surface area contributed by atoms with Gasteiger partial charge in [-0.2, -0.15) is 0 Å². The largest absolute Gasteiger partial charge is 0.342 e. The normalized spacial score (nSPS) is 11.6. The van der Waals surface area contributed by atoms with Gasteiger partial charge in [-0.1, -0.05) is 69.3 Å². The van der Waals surface area contributed by atoms with Gasteiger partial charge < -0.3 is 4.98 Å². The summed E-state index contributed by atoms with van der Waals surface area (Å²) in [5.41, 5.74) is 5.87. The molecule has 0 amide bonds. The van der Waals surface area contributed by atoms with Gasteiger partial charge in [0, 0.05) is 16.8 Å². The standard InChI is InChI=1S/C20H22N2/c1-14-18(15-9-6-5-7-10-15)22-19(21-14)16-11-8-12-17(13-16)20(2,3)4/h5-13H,1-4H3,(H,21,22). The molecule has 0 fully saturated rings. The number of imidazole rings is 1. The number of nitrogens with zero attached hydrogens (tertiary/aromatic N) is 1. The average molecular weight is 290 g/mol. The van der Waals surface area contributed by atoms with Gasteiger partial charge in [-0.05, 0) is 24.0 Å². The highest BCUT2D eigenvalue weighted by Crippen LogP contribution is 2.29. The minimum Gasteiger partial charge on any atom is -0.342 e. The van der Waals surface area contributed by atoms with E-state index in [-0.39, 0.29) is 5.41 Å². The Kier molecular flexibility index (Phi) is 3.61. The molecule has 0 aliphatic carbocycles. The van der Waals surface area contributed by atoms with E-state index in [1.165, 1.54) is 5.56 Å². The number of nitrogens with one attached hydrogen (secondary N) is 1. The Bertz CT molecular complexity index is 777. The molecule has 0 bridgehead atoms. The number of rotatable bonds is 2. The Hall–Kier alpha value is -2.35. The van der Waals surface area contributed by atoms with Crippen molar-refractivity contribution in [3.63, 3.8) is 0 Å². The number of benzene rings is 2. The molecule has 0 spiro atoms. The second-order valence-corrected chi connectivity index (χ2v) is 6.76. The third kappa shape index (κ3) is 2.82. The van der Waals surface area contributed by atoms with Crippen LogP contribution in [0.5, 0.6) is 0 Å². The minimum atomic E-state index is 0.139. The van der Waals surface area contributed by atoms with Crippen LogP contribution in [-0.2, 0) is 5.41 Å². The lowest BCUT2D eigenvalue weighted by Gasteiger charge is -2.19. The molecule has 112 valence electrons. The van der Waals surface area contributed by atoms with Crippen LogP contribution in [0.3, 0.4) is 0 Å². The SMILES string of the molecule is Cc1[nH]c(-c2cccc(C(C)(C)C)c2)nc1-c1ccccc1. The van der Waals surface area contributed by atoms with Gasteiger partial charge in [0.1, 0.15) is 5.82 Å². The minimum absolute atomic E-state index is 0.139. The summed E-state index contributed by atoms with van der Waals surface area (Å²) in [4.78, 5) is 8.24. The monoisotopic (exact) mass is 290 g/mol. The van der Waals surface area contributed by atoms with E-state index in [1.807, 2.05) is 18.2 Å². The average Bonchev–Trinajstić information content (AvgIpc) is 2.89. The van der Waals surface area contributed by atoms with E-state index in [1.54, 1.807) is 0 Å². The first-order chi connectivity index (χ1) is 10.4. The molecule has 3 aromatic rings. The molecular weight excluding hydrogens is 268 g/mol. The summed E-state index contributed by atoms with van der Waals surface area (Å²) in [5.74, 6) is 0.933. The third-order valence-electron chi connectivity index (χ3n) is 3.93. The Balaban J connectivity index is 2.04. The van der Waals surface area contributed by atoms with Crippen LogP contribution in [0.1, 0.15) is 32.0 Å². The molecule has 1 aromatic heterocycles. The van der Waals surface area contributed by atoms with Crippen LogP contribution < -0.4 is 0 Å². The molecule has 0 aliphatic heterocycles. The summed E-state index contributed by atoms with van der Waals surface area (Å²) in [6, 6.07) is 18.9. The number of hydrogen-bond acceptors (Lipinski definition) is 1. The first kappa shape index (κ1) is 14.6. The van der Waals surface area contributed by atoms with Crippen molar-refractivity contribution in [2.24, 2.45) is 0 Å². The Morgan fingerprint density at radius 2 is 1.55 bits per heavy atom. The van der Waals surface area contributed by atoms with E-state index in [2.05, 4.69) is 69.1 Å². The van der Waals surface area contributed by atoms with Crippen molar-refractivity contribution in [3.8, 4) is 22.6 Å². The maximum Gasteiger partial charge on any atom is 0.138 e. The molecule has 2 heteroatoms. The summed E-state index contributed by atoms with van der Waals surface area (Å²) < 4.78 is 0. The number of aromatic nitrogens is 2. The fourth-order valence-corrected chi connectivity index (χ4v) is 2.61. The van der Waals surface area contributed by atoms with Gasteiger partial charge in [0.15, 0.2) is 0 Å². The van der Waals surface area contributed by atoms with Gasteiger partial charge in [-0.15, -0.1) is 0 Å². The molecule has 0 aliphatic rings. The molecule has 2 aromatic carbocycles. The number of aromatic amines is 1. The second-order valence-electron chi connectivity index (χ2n) is 6.76. The smallest absolute Gasteiger partial charge is 0.138 e. The molecule has 0 radical (unpaired) electrons. The number of H-pyrrole nitrogens is 1. The van der Waals surface area contributed by atoms with Crippen molar-refractivity contribution < 1.29 is 0 Å². The number of hydrogen-bond donors (Lipinski definition) is 1. The molecular formula is C20H22N2. The second kappa shape index (κ2) is 5.45. The Labute approximate surface area is 132 Å². The van der Waals surface area contributed by atoms with E-state index < -0.39 is 0 Å². The van der Waals surface area contributed by atoms with Crippen molar-refractivity contribution in [3.05, 3.63) is 65.9 Å². The first-order valence-electron chi connectivity index (χ1n) is 7.68. The van der Waals surface area contributed by atoms with Crippen LogP contribution >= 0.6 is 0 Å². The fourth-order valence-electron chi connectivity index (χ4n) is 2.61. The fraction of sp³-hybridized carbons (Fsp3) is 0.250. The summed E-state index contributed by atoms with van der Waals surface area (Å²) in [6.45, 7) is 8.77. The van der Waals surface area contributed by atoms with Crippen LogP contribution in [0.15, 0.2) is 54.6 Å². The van der Waals surface area contributed by atoms with Crippen LogP contribution in [-0.4, -0.2) is 9.97 Å². The molecule has 2 nitrogen and oxygen atoms in total. The van der Waals surface area contributed by atoms with Gasteiger partial charge in [-0.3, -0.25) is 0 Å². The third-order valence-corrected chi connectivity index (χ3v) is 3.93. The van der Waals surface area contributed by atoms with Crippen LogP contribution in [0.4, 0.5) is 0 Å². The van der Waals surface area contributed by atoms with E-state index in [0.29, 0.717) is 0 Å². The molecule has 1 heterocycles. The van der Waals surface area contributed by atoms with Crippen molar-refractivity contribution in [2.75, 3.05) is 0 Å². The van der Waals surface area contributed by atoms with Crippen molar-refractivity contribution in [1.29, 1.82) is 0 Å². The van der Waals surface area contributed by atoms with E-state index >= 15 is 0 Å². The van der Waals surface area contributed by atoms with Gasteiger partial charge in [0.2, 0.25) is 0 Å². The van der Waals surface area contributed by atoms with Crippen LogP contribution in [0.25, 0.3) is 22.6 Å². The Morgan fingerprint density at radius 1 is 0.864 bits per heavy atom. The van der Waals surface area contributed by atoms with E-state index in [0.717, 1.165) is 28.3 Å². The summed E-state index contributed by atoms with van der Waals surface area (Å²) in [5, 5.41) is 0. The number of aryl methyl sites for hydroxylation is 1. The van der Waals surface area contributed by atoms with Crippen molar-refractivity contribution >= 4 is 0 Å². The van der Waals surface area contributed by atoms with Gasteiger partial charge in [0.05, 0.1) is 5.69 Å². The lowest BCUT2D eigenvalue weighted by atomic mass is 9.86. The maximum atomic E-state index is 4.82. The highest BCUT2D eigenvalue weighted by molar-refractivity contribution is 5.67. The van der Waals surface area contributed by atoms with Crippen LogP contribution in [0.2, 0.25) is 0 Å². The molecule has 3 rings (SSSR count). The van der Waals surface area contributed by atoms with Crippen LogP contribution in [0, 0.1) is 6.92 Å². The Morgan fingerprint density at radius 3 is 2.23 bits per heavy atom. The van der Waals surface area contributed by atoms with E-state index in [9.17, 15) is 0 Å². The quantitative estimate of drug-likeness (QED) is 0.677. The molecule has 0 saturated carbocycles. The lowest BCUT2D eigenvalue weighted by Crippen LogP contribution is -2.10. The van der Waals surface area contributed by atoms with Gasteiger partial charge >= 0.3 is 0 Å². The van der Waals surface area contributed by atoms with Crippen molar-refractivity contribution in [1.82, 2.24) is 9.97 Å². The lowest BCUT2D eigenvalue weighted by molar-refractivity contribution is 0.590.